The molecule has 4 amide bonds. The number of nitrogens with one attached hydrogen (secondary N) is 4. The minimum atomic E-state index is -1.04. The number of amides is 4. The number of carbonyl (C=O) groups excluding carboxylic acids is 6. The van der Waals surface area contributed by atoms with E-state index in [1.165, 1.54) is 14.2 Å². The van der Waals surface area contributed by atoms with E-state index in [4.69, 9.17) is 9.47 Å². The Labute approximate surface area is 357 Å². The number of hydrogen-bond donors (Lipinski definition) is 5. The third-order valence-electron chi connectivity index (χ3n) is 10.5. The second-order valence-electron chi connectivity index (χ2n) is 16.7. The molecule has 5 N–H and O–H groups in total. The summed E-state index contributed by atoms with van der Waals surface area (Å²) < 4.78 is 9.98. The average Bonchev–Trinajstić information content (AvgIpc) is 3.22. The lowest BCUT2D eigenvalue weighted by Gasteiger charge is -2.28. The molecule has 0 unspecified atom stereocenters. The van der Waals surface area contributed by atoms with Crippen LogP contribution in [-0.4, -0.2) is 85.2 Å². The van der Waals surface area contributed by atoms with Crippen LogP contribution in [0.4, 0.5) is 0 Å². The van der Waals surface area contributed by atoms with Gasteiger partial charge in [-0.3, -0.25) is 19.2 Å². The van der Waals surface area contributed by atoms with Crippen molar-refractivity contribution in [1.29, 1.82) is 0 Å². The summed E-state index contributed by atoms with van der Waals surface area (Å²) in [6.07, 6.45) is 4.08. The molecule has 13 heteroatoms. The van der Waals surface area contributed by atoms with Crippen molar-refractivity contribution in [2.75, 3.05) is 14.2 Å². The Morgan fingerprint density at radius 2 is 0.850 bits per heavy atom. The third-order valence-corrected chi connectivity index (χ3v) is 10.5. The second kappa shape index (κ2) is 27.9. The molecule has 0 aliphatic heterocycles. The number of unbranched alkanes of at least 4 members (excludes halogenated alkanes) is 2. The standard InChI is InChI=1S/C47H72N4O9/c1-9-11-23-35(42(53)48-38(25-31(3)4)44(55)50-40(46(57)59-7)27-33-19-15-13-16-20-33)29-37(52)30-36(24-12-10-2)43(54)49-39(26-32(5)6)45(56)51-41(47(58)60-8)28-34-21-17-14-18-22-34/h13-22,31-32,35-41,52H,9-12,23-30H2,1-8H3,(H,48,53)(H,49,54)(H,50,55)(H,51,56)/t35-,36-,38+,39+,40+,41+/m1/s1. The van der Waals surface area contributed by atoms with E-state index >= 15 is 0 Å². The summed E-state index contributed by atoms with van der Waals surface area (Å²) in [5.74, 6) is -4.24. The first-order valence-corrected chi connectivity index (χ1v) is 21.7. The Morgan fingerprint density at radius 1 is 0.517 bits per heavy atom. The van der Waals surface area contributed by atoms with Gasteiger partial charge in [0.1, 0.15) is 24.2 Å². The number of ether oxygens (including phenoxy) is 2. The zero-order valence-corrected chi connectivity index (χ0v) is 37.2. The van der Waals surface area contributed by atoms with E-state index in [1.54, 1.807) is 0 Å². The van der Waals surface area contributed by atoms with Crippen molar-refractivity contribution in [2.45, 2.75) is 149 Å². The largest absolute Gasteiger partial charge is 0.467 e. The van der Waals surface area contributed by atoms with Gasteiger partial charge in [-0.15, -0.1) is 0 Å². The fourth-order valence-electron chi connectivity index (χ4n) is 7.27. The topological polar surface area (TPSA) is 189 Å². The van der Waals surface area contributed by atoms with Crippen LogP contribution in [0, 0.1) is 23.7 Å². The van der Waals surface area contributed by atoms with Crippen LogP contribution in [0.2, 0.25) is 0 Å². The van der Waals surface area contributed by atoms with Crippen LogP contribution in [0.15, 0.2) is 60.7 Å². The molecule has 0 saturated carbocycles. The van der Waals surface area contributed by atoms with Gasteiger partial charge in [0.25, 0.3) is 0 Å². The first-order valence-electron chi connectivity index (χ1n) is 21.7. The summed E-state index contributed by atoms with van der Waals surface area (Å²) in [5, 5.41) is 23.0. The predicted molar refractivity (Wildman–Crippen MR) is 232 cm³/mol. The highest BCUT2D eigenvalue weighted by atomic mass is 16.5. The number of hydrogen-bond acceptors (Lipinski definition) is 9. The number of carbonyl (C=O) groups is 6. The van der Waals surface area contributed by atoms with Crippen LogP contribution >= 0.6 is 0 Å². The van der Waals surface area contributed by atoms with Crippen LogP contribution in [-0.2, 0) is 51.1 Å². The van der Waals surface area contributed by atoms with Gasteiger partial charge in [-0.1, -0.05) is 128 Å². The monoisotopic (exact) mass is 837 g/mol. The highest BCUT2D eigenvalue weighted by molar-refractivity contribution is 5.92. The second-order valence-corrected chi connectivity index (χ2v) is 16.7. The van der Waals surface area contributed by atoms with E-state index < -0.39 is 65.9 Å². The predicted octanol–water partition coefficient (Wildman–Crippen LogP) is 5.60. The van der Waals surface area contributed by atoms with Crippen molar-refractivity contribution in [3.8, 4) is 0 Å². The Balaban J connectivity index is 2.24. The van der Waals surface area contributed by atoms with Gasteiger partial charge < -0.3 is 35.8 Å². The molecule has 0 spiro atoms. The SMILES string of the molecule is CCCC[C@H](CC(O)C[C@@H](CCCC)C(=O)N[C@@H](CC(C)C)C(=O)N[C@@H](Cc1ccccc1)C(=O)OC)C(=O)N[C@@H](CC(C)C)C(=O)N[C@@H](Cc1ccccc1)C(=O)OC. The van der Waals surface area contributed by atoms with Gasteiger partial charge in [-0.25, -0.2) is 9.59 Å². The normalized spacial score (nSPS) is 14.3. The number of rotatable bonds is 28. The first-order chi connectivity index (χ1) is 28.6. The molecule has 0 aliphatic rings. The van der Waals surface area contributed by atoms with Crippen molar-refractivity contribution in [1.82, 2.24) is 21.3 Å². The van der Waals surface area contributed by atoms with E-state index in [9.17, 15) is 33.9 Å². The zero-order chi connectivity index (χ0) is 44.6. The molecule has 0 heterocycles. The van der Waals surface area contributed by atoms with E-state index in [-0.39, 0.29) is 49.3 Å². The average molecular weight is 837 g/mol. The maximum atomic E-state index is 14.0. The summed E-state index contributed by atoms with van der Waals surface area (Å²) in [7, 11) is 2.52. The first kappa shape index (κ1) is 51.4. The molecular weight excluding hydrogens is 765 g/mol. The smallest absolute Gasteiger partial charge is 0.328 e. The Hall–Kier alpha value is -4.78. The molecule has 6 atom stereocenters. The number of methoxy groups -OCH3 is 2. The van der Waals surface area contributed by atoms with Crippen molar-refractivity contribution in [3.63, 3.8) is 0 Å². The van der Waals surface area contributed by atoms with Crippen molar-refractivity contribution in [2.24, 2.45) is 23.7 Å². The lowest BCUT2D eigenvalue weighted by molar-refractivity contribution is -0.145. The summed E-state index contributed by atoms with van der Waals surface area (Å²) in [6, 6.07) is 14.7. The van der Waals surface area contributed by atoms with Gasteiger partial charge in [0.15, 0.2) is 0 Å². The minimum Gasteiger partial charge on any atom is -0.467 e. The molecule has 0 fully saturated rings. The summed E-state index contributed by atoms with van der Waals surface area (Å²) in [6.45, 7) is 11.8. The fourth-order valence-corrected chi connectivity index (χ4v) is 7.27. The van der Waals surface area contributed by atoms with Crippen LogP contribution in [0.5, 0.6) is 0 Å². The van der Waals surface area contributed by atoms with E-state index in [0.29, 0.717) is 38.5 Å². The Bertz CT molecular complexity index is 1490. The molecule has 2 aromatic carbocycles. The van der Waals surface area contributed by atoms with Gasteiger partial charge in [0.05, 0.1) is 20.3 Å². The molecule has 60 heavy (non-hydrogen) atoms. The maximum Gasteiger partial charge on any atom is 0.328 e. The fraction of sp³-hybridized carbons (Fsp3) is 0.617. The van der Waals surface area contributed by atoms with Crippen molar-refractivity contribution in [3.05, 3.63) is 71.8 Å². The zero-order valence-electron chi connectivity index (χ0n) is 37.2. The molecule has 2 rings (SSSR count). The highest BCUT2D eigenvalue weighted by Crippen LogP contribution is 2.24. The number of aliphatic hydroxyl groups is 1. The van der Waals surface area contributed by atoms with E-state index in [0.717, 1.165) is 24.0 Å². The third kappa shape index (κ3) is 19.1. The number of aliphatic hydroxyl groups excluding tert-OH is 1. The number of benzene rings is 2. The van der Waals surface area contributed by atoms with Gasteiger partial charge >= 0.3 is 11.9 Å². The molecule has 13 nitrogen and oxygen atoms in total. The van der Waals surface area contributed by atoms with Gasteiger partial charge in [0, 0.05) is 24.7 Å². The lowest BCUT2D eigenvalue weighted by atomic mass is 9.87. The van der Waals surface area contributed by atoms with Crippen LogP contribution in [0.25, 0.3) is 0 Å². The van der Waals surface area contributed by atoms with Gasteiger partial charge in [-0.2, -0.15) is 0 Å². The van der Waals surface area contributed by atoms with Crippen LogP contribution in [0.1, 0.15) is 117 Å². The molecule has 0 aliphatic carbocycles. The van der Waals surface area contributed by atoms with E-state index in [1.807, 2.05) is 102 Å². The van der Waals surface area contributed by atoms with Crippen LogP contribution in [0.3, 0.4) is 0 Å². The molecule has 0 aromatic heterocycles. The Kier molecular flexibility index (Phi) is 23.9. The van der Waals surface area contributed by atoms with Crippen molar-refractivity contribution < 1.29 is 43.3 Å². The van der Waals surface area contributed by atoms with Gasteiger partial charge in [0.2, 0.25) is 23.6 Å². The summed E-state index contributed by atoms with van der Waals surface area (Å²) >= 11 is 0. The number of esters is 2. The molecular formula is C47H72N4O9. The molecule has 0 radical (unpaired) electrons. The summed E-state index contributed by atoms with van der Waals surface area (Å²) in [5.41, 5.74) is 1.67. The van der Waals surface area contributed by atoms with Crippen molar-refractivity contribution >= 4 is 35.6 Å². The molecule has 334 valence electrons. The van der Waals surface area contributed by atoms with Crippen LogP contribution < -0.4 is 21.3 Å². The molecule has 0 bridgehead atoms. The lowest BCUT2D eigenvalue weighted by Crippen LogP contribution is -2.54. The van der Waals surface area contributed by atoms with E-state index in [2.05, 4.69) is 21.3 Å². The molecule has 0 saturated heterocycles. The quantitative estimate of drug-likeness (QED) is 0.0680. The maximum absolute atomic E-state index is 14.0. The summed E-state index contributed by atoms with van der Waals surface area (Å²) in [4.78, 5) is 80.9. The molecule has 2 aromatic rings. The minimum absolute atomic E-state index is 0.0288. The Morgan fingerprint density at radius 3 is 1.15 bits per heavy atom. The highest BCUT2D eigenvalue weighted by Gasteiger charge is 2.34. The van der Waals surface area contributed by atoms with Gasteiger partial charge in [-0.05, 0) is 61.5 Å².